The van der Waals surface area contributed by atoms with Crippen molar-refractivity contribution in [3.63, 3.8) is 0 Å². The molecule has 2 N–H and O–H groups in total. The van der Waals surface area contributed by atoms with Gasteiger partial charge in [0.1, 0.15) is 12.3 Å². The molecule has 1 saturated heterocycles. The van der Waals surface area contributed by atoms with Crippen molar-refractivity contribution in [1.29, 1.82) is 0 Å². The highest BCUT2D eigenvalue weighted by atomic mass is 32.1. The van der Waals surface area contributed by atoms with Crippen molar-refractivity contribution in [3.05, 3.63) is 47.0 Å². The van der Waals surface area contributed by atoms with E-state index in [1.165, 1.54) is 5.01 Å². The lowest BCUT2D eigenvalue weighted by molar-refractivity contribution is 0.255. The molecule has 0 aliphatic carbocycles. The van der Waals surface area contributed by atoms with Gasteiger partial charge in [0, 0.05) is 18.3 Å². The van der Waals surface area contributed by atoms with Gasteiger partial charge in [-0.05, 0) is 57.6 Å². The Bertz CT molecular complexity index is 937. The Labute approximate surface area is 168 Å². The number of nitrogen functional groups attached to an aromatic ring is 1. The molecule has 8 heteroatoms. The first-order chi connectivity index (χ1) is 13.6. The van der Waals surface area contributed by atoms with Crippen LogP contribution >= 0.6 is 11.3 Å². The summed E-state index contributed by atoms with van der Waals surface area (Å²) in [5.41, 5.74) is 8.72. The van der Waals surface area contributed by atoms with Gasteiger partial charge < -0.3 is 15.4 Å². The van der Waals surface area contributed by atoms with Crippen LogP contribution in [0.5, 0.6) is 5.88 Å². The Hall–Kier alpha value is -2.58. The van der Waals surface area contributed by atoms with Gasteiger partial charge in [-0.15, -0.1) is 11.3 Å². The fraction of sp³-hybridized carbons (Fsp3) is 0.400. The maximum Gasteiger partial charge on any atom is 0.258 e. The van der Waals surface area contributed by atoms with E-state index in [1.807, 2.05) is 19.1 Å². The van der Waals surface area contributed by atoms with Crippen molar-refractivity contribution in [1.82, 2.24) is 24.8 Å². The number of pyridine rings is 1. The van der Waals surface area contributed by atoms with E-state index in [-0.39, 0.29) is 5.82 Å². The average molecular weight is 397 g/mol. The lowest BCUT2D eigenvalue weighted by atomic mass is 9.98. The molecule has 1 aliphatic heterocycles. The SMILES string of the molecule is Cc1nc(C2CCN(C)CC2)sc1-c1cnc(N)c(OCc2ccncc2)n1. The summed E-state index contributed by atoms with van der Waals surface area (Å²) >= 11 is 1.71. The van der Waals surface area contributed by atoms with Crippen molar-refractivity contribution >= 4 is 17.2 Å². The molecule has 3 aromatic rings. The molecule has 0 saturated carbocycles. The first-order valence-corrected chi connectivity index (χ1v) is 10.2. The monoisotopic (exact) mass is 396 g/mol. The molecule has 4 heterocycles. The Morgan fingerprint density at radius 3 is 2.71 bits per heavy atom. The highest BCUT2D eigenvalue weighted by molar-refractivity contribution is 7.15. The molecule has 0 amide bonds. The number of likely N-dealkylation sites (tertiary alicyclic amines) is 1. The van der Waals surface area contributed by atoms with Gasteiger partial charge in [0.2, 0.25) is 0 Å². The number of hydrogen-bond donors (Lipinski definition) is 1. The number of thiazole rings is 1. The maximum absolute atomic E-state index is 5.98. The third kappa shape index (κ3) is 4.13. The number of piperidine rings is 1. The largest absolute Gasteiger partial charge is 0.470 e. The summed E-state index contributed by atoms with van der Waals surface area (Å²) in [5, 5.41) is 1.19. The molecule has 7 nitrogen and oxygen atoms in total. The zero-order valence-electron chi connectivity index (χ0n) is 16.1. The second kappa shape index (κ2) is 8.20. The second-order valence-electron chi connectivity index (χ2n) is 7.13. The summed E-state index contributed by atoms with van der Waals surface area (Å²) in [6.07, 6.45) is 7.46. The molecular weight excluding hydrogens is 372 g/mol. The van der Waals surface area contributed by atoms with Crippen LogP contribution < -0.4 is 10.5 Å². The normalized spacial score (nSPS) is 15.6. The minimum Gasteiger partial charge on any atom is -0.470 e. The molecule has 1 fully saturated rings. The van der Waals surface area contributed by atoms with Crippen LogP contribution in [0.2, 0.25) is 0 Å². The molecule has 0 atom stereocenters. The lowest BCUT2D eigenvalue weighted by Crippen LogP contribution is -2.29. The Morgan fingerprint density at radius 2 is 1.96 bits per heavy atom. The van der Waals surface area contributed by atoms with Crippen LogP contribution in [0.4, 0.5) is 5.82 Å². The van der Waals surface area contributed by atoms with Crippen molar-refractivity contribution in [2.75, 3.05) is 25.9 Å². The molecule has 0 radical (unpaired) electrons. The average Bonchev–Trinajstić information content (AvgIpc) is 3.10. The summed E-state index contributed by atoms with van der Waals surface area (Å²) < 4.78 is 5.81. The maximum atomic E-state index is 5.98. The molecular formula is C20H24N6OS. The molecule has 146 valence electrons. The summed E-state index contributed by atoms with van der Waals surface area (Å²) in [5.74, 6) is 1.16. The van der Waals surface area contributed by atoms with E-state index < -0.39 is 0 Å². The van der Waals surface area contributed by atoms with E-state index in [0.29, 0.717) is 18.4 Å². The van der Waals surface area contributed by atoms with Gasteiger partial charge >= 0.3 is 0 Å². The van der Waals surface area contributed by atoms with Crippen molar-refractivity contribution < 1.29 is 4.74 Å². The van der Waals surface area contributed by atoms with Crippen molar-refractivity contribution in [2.24, 2.45) is 0 Å². The molecule has 3 aromatic heterocycles. The number of nitrogens with two attached hydrogens (primary N) is 1. The van der Waals surface area contributed by atoms with Crippen LogP contribution in [-0.4, -0.2) is 45.0 Å². The fourth-order valence-corrected chi connectivity index (χ4v) is 4.50. The van der Waals surface area contributed by atoms with Gasteiger partial charge in [-0.1, -0.05) is 0 Å². The third-order valence-electron chi connectivity index (χ3n) is 5.01. The van der Waals surface area contributed by atoms with E-state index in [4.69, 9.17) is 15.5 Å². The summed E-state index contributed by atoms with van der Waals surface area (Å²) in [6, 6.07) is 3.80. The number of ether oxygens (including phenoxy) is 1. The van der Waals surface area contributed by atoms with Gasteiger partial charge in [-0.3, -0.25) is 4.98 Å². The fourth-order valence-electron chi connectivity index (χ4n) is 3.31. The van der Waals surface area contributed by atoms with Gasteiger partial charge in [-0.2, -0.15) is 0 Å². The standard InChI is InChI=1S/C20H24N6OS/c1-13-17(28-20(24-13)15-5-9-26(2)10-6-15)16-11-23-18(21)19(25-16)27-12-14-3-7-22-8-4-14/h3-4,7-8,11,15H,5-6,9-10,12H2,1-2H3,(H2,21,23). The topological polar surface area (TPSA) is 90.1 Å². The van der Waals surface area contributed by atoms with E-state index >= 15 is 0 Å². The molecule has 0 spiro atoms. The number of rotatable bonds is 5. The molecule has 1 aliphatic rings. The van der Waals surface area contributed by atoms with Gasteiger partial charge in [0.15, 0.2) is 5.82 Å². The second-order valence-corrected chi connectivity index (χ2v) is 8.16. The minimum atomic E-state index is 0.288. The summed E-state index contributed by atoms with van der Waals surface area (Å²) in [6.45, 7) is 4.63. The van der Waals surface area contributed by atoms with Gasteiger partial charge in [0.25, 0.3) is 5.88 Å². The molecule has 0 aromatic carbocycles. The predicted octanol–water partition coefficient (Wildman–Crippen LogP) is 3.27. The third-order valence-corrected chi connectivity index (χ3v) is 6.35. The van der Waals surface area contributed by atoms with Crippen LogP contribution in [0.1, 0.15) is 35.0 Å². The number of aryl methyl sites for hydroxylation is 1. The first kappa shape index (κ1) is 18.8. The molecule has 4 rings (SSSR count). The summed E-state index contributed by atoms with van der Waals surface area (Å²) in [7, 11) is 2.17. The molecule has 0 unspecified atom stereocenters. The Balaban J connectivity index is 1.54. The zero-order chi connectivity index (χ0) is 19.5. The predicted molar refractivity (Wildman–Crippen MR) is 110 cm³/mol. The quantitative estimate of drug-likeness (QED) is 0.708. The number of anilines is 1. The number of aromatic nitrogens is 4. The number of nitrogens with zero attached hydrogens (tertiary/aromatic N) is 5. The minimum absolute atomic E-state index is 0.288. The molecule has 0 bridgehead atoms. The van der Waals surface area contributed by atoms with E-state index in [2.05, 4.69) is 26.9 Å². The first-order valence-electron chi connectivity index (χ1n) is 9.40. The summed E-state index contributed by atoms with van der Waals surface area (Å²) in [4.78, 5) is 21.2. The van der Waals surface area contributed by atoms with Crippen molar-refractivity contribution in [2.45, 2.75) is 32.3 Å². The van der Waals surface area contributed by atoms with Crippen molar-refractivity contribution in [3.8, 4) is 16.5 Å². The zero-order valence-corrected chi connectivity index (χ0v) is 16.9. The van der Waals surface area contributed by atoms with Gasteiger partial charge in [-0.25, -0.2) is 15.0 Å². The van der Waals surface area contributed by atoms with Gasteiger partial charge in [0.05, 0.1) is 21.8 Å². The smallest absolute Gasteiger partial charge is 0.258 e. The van der Waals surface area contributed by atoms with Crippen LogP contribution in [0.15, 0.2) is 30.7 Å². The van der Waals surface area contributed by atoms with E-state index in [0.717, 1.165) is 47.8 Å². The van der Waals surface area contributed by atoms with Crippen LogP contribution in [0.3, 0.4) is 0 Å². The Kier molecular flexibility index (Phi) is 5.50. The van der Waals surface area contributed by atoms with E-state index in [9.17, 15) is 0 Å². The van der Waals surface area contributed by atoms with Crippen LogP contribution in [-0.2, 0) is 6.61 Å². The van der Waals surface area contributed by atoms with Crippen LogP contribution in [0.25, 0.3) is 10.6 Å². The lowest BCUT2D eigenvalue weighted by Gasteiger charge is -2.27. The number of hydrogen-bond acceptors (Lipinski definition) is 8. The molecule has 28 heavy (non-hydrogen) atoms. The highest BCUT2D eigenvalue weighted by Crippen LogP contribution is 2.37. The van der Waals surface area contributed by atoms with E-state index in [1.54, 1.807) is 29.9 Å². The Morgan fingerprint density at radius 1 is 1.21 bits per heavy atom. The van der Waals surface area contributed by atoms with Crippen LogP contribution in [0, 0.1) is 6.92 Å². The highest BCUT2D eigenvalue weighted by Gasteiger charge is 2.23.